The molecule has 8 heteroatoms. The lowest BCUT2D eigenvalue weighted by Gasteiger charge is -2.09. The number of para-hydroxylation sites is 2. The number of benzene rings is 1. The van der Waals surface area contributed by atoms with Crippen LogP contribution in [0.5, 0.6) is 0 Å². The number of H-pyrrole nitrogens is 1. The fourth-order valence-corrected chi connectivity index (χ4v) is 3.62. The zero-order valence-electron chi connectivity index (χ0n) is 11.5. The van der Waals surface area contributed by atoms with E-state index >= 15 is 0 Å². The van der Waals surface area contributed by atoms with Gasteiger partial charge in [-0.3, -0.25) is 0 Å². The molecule has 1 aromatic carbocycles. The molecular formula is C14H11N5OS2. The summed E-state index contributed by atoms with van der Waals surface area (Å²) >= 11 is 2.74. The van der Waals surface area contributed by atoms with Crippen molar-refractivity contribution in [1.82, 2.24) is 20.2 Å². The van der Waals surface area contributed by atoms with Crippen molar-refractivity contribution in [3.8, 4) is 6.07 Å². The lowest BCUT2D eigenvalue weighted by molar-refractivity contribution is 0.402. The van der Waals surface area contributed by atoms with E-state index in [2.05, 4.69) is 20.2 Å². The van der Waals surface area contributed by atoms with Gasteiger partial charge in [-0.25, -0.2) is 4.98 Å². The third kappa shape index (κ3) is 2.81. The second-order valence-corrected chi connectivity index (χ2v) is 6.86. The average molecular weight is 329 g/mol. The lowest BCUT2D eigenvalue weighted by Crippen LogP contribution is -2.04. The number of hydrogen-bond acceptors (Lipinski definition) is 7. The Morgan fingerprint density at radius 1 is 1.45 bits per heavy atom. The smallest absolute Gasteiger partial charge is 0.174 e. The summed E-state index contributed by atoms with van der Waals surface area (Å²) in [6, 6.07) is 9.50. The summed E-state index contributed by atoms with van der Waals surface area (Å²) in [5, 5.41) is 27.1. The molecule has 0 saturated heterocycles. The van der Waals surface area contributed by atoms with E-state index in [1.54, 1.807) is 12.4 Å². The monoisotopic (exact) mass is 329 g/mol. The Kier molecular flexibility index (Phi) is 4.09. The van der Waals surface area contributed by atoms with Crippen molar-refractivity contribution in [2.75, 3.05) is 0 Å². The maximum absolute atomic E-state index is 10.4. The second-order valence-electron chi connectivity index (χ2n) is 4.44. The van der Waals surface area contributed by atoms with Crippen molar-refractivity contribution in [3.05, 3.63) is 41.4 Å². The summed E-state index contributed by atoms with van der Waals surface area (Å²) in [4.78, 5) is 7.41. The molecule has 0 saturated carbocycles. The number of nitrogens with zero attached hydrogens (tertiary/aromatic N) is 4. The number of imidazole rings is 1. The van der Waals surface area contributed by atoms with Crippen LogP contribution in [0.25, 0.3) is 16.6 Å². The Morgan fingerprint density at radius 2 is 2.27 bits per heavy atom. The van der Waals surface area contributed by atoms with E-state index in [4.69, 9.17) is 0 Å². The number of thioether (sulfide) groups is 1. The first-order valence-electron chi connectivity index (χ1n) is 6.40. The first-order valence-corrected chi connectivity index (χ1v) is 8.16. The van der Waals surface area contributed by atoms with Gasteiger partial charge in [-0.1, -0.05) is 35.2 Å². The zero-order chi connectivity index (χ0) is 15.5. The first-order chi connectivity index (χ1) is 10.7. The molecule has 0 spiro atoms. The molecular weight excluding hydrogens is 318 g/mol. The number of allylic oxidation sites excluding steroid dienone is 1. The number of nitrogens with one attached hydrogen (secondary N) is 1. The second kappa shape index (κ2) is 6.17. The quantitative estimate of drug-likeness (QED) is 0.432. The highest BCUT2D eigenvalue weighted by molar-refractivity contribution is 8.01. The van der Waals surface area contributed by atoms with Gasteiger partial charge in [0.1, 0.15) is 22.9 Å². The molecule has 6 nitrogen and oxygen atoms in total. The van der Waals surface area contributed by atoms with Crippen LogP contribution in [0.2, 0.25) is 0 Å². The maximum atomic E-state index is 10.4. The van der Waals surface area contributed by atoms with Crippen molar-refractivity contribution in [3.63, 3.8) is 0 Å². The molecule has 0 fully saturated rings. The van der Waals surface area contributed by atoms with E-state index in [9.17, 15) is 10.4 Å². The molecule has 2 N–H and O–H groups in total. The molecule has 3 rings (SSSR count). The van der Waals surface area contributed by atoms with Crippen LogP contribution in [0.1, 0.15) is 12.7 Å². The minimum atomic E-state index is -0.323. The number of aromatic amines is 1. The first kappa shape index (κ1) is 14.6. The van der Waals surface area contributed by atoms with Gasteiger partial charge >= 0.3 is 0 Å². The van der Waals surface area contributed by atoms with E-state index in [1.165, 1.54) is 23.1 Å². The van der Waals surface area contributed by atoms with Crippen molar-refractivity contribution in [1.29, 1.82) is 5.26 Å². The third-order valence-electron chi connectivity index (χ3n) is 3.00. The van der Waals surface area contributed by atoms with Crippen LogP contribution >= 0.6 is 23.1 Å². The number of fused-ring (bicyclic) bond motifs is 1. The highest BCUT2D eigenvalue weighted by Gasteiger charge is 2.19. The third-order valence-corrected chi connectivity index (χ3v) is 4.92. The van der Waals surface area contributed by atoms with Gasteiger partial charge in [0, 0.05) is 0 Å². The minimum absolute atomic E-state index is 0.0262. The van der Waals surface area contributed by atoms with Gasteiger partial charge in [0.05, 0.1) is 16.3 Å². The molecule has 3 aromatic rings. The summed E-state index contributed by atoms with van der Waals surface area (Å²) in [7, 11) is 0. The topological polar surface area (TPSA) is 98.5 Å². The predicted molar refractivity (Wildman–Crippen MR) is 86.5 cm³/mol. The van der Waals surface area contributed by atoms with Crippen molar-refractivity contribution in [2.24, 2.45) is 0 Å². The fraction of sp³-hybridized carbons (Fsp3) is 0.143. The Morgan fingerprint density at radius 3 is 2.95 bits per heavy atom. The van der Waals surface area contributed by atoms with Crippen LogP contribution in [0.3, 0.4) is 0 Å². The number of hydrogen-bond donors (Lipinski definition) is 2. The van der Waals surface area contributed by atoms with Crippen molar-refractivity contribution < 1.29 is 5.11 Å². The van der Waals surface area contributed by atoms with E-state index in [0.717, 1.165) is 15.4 Å². The Balaban J connectivity index is 1.95. The van der Waals surface area contributed by atoms with Crippen LogP contribution < -0.4 is 0 Å². The highest BCUT2D eigenvalue weighted by atomic mass is 32.2. The number of aromatic nitrogens is 4. The number of nitriles is 1. The maximum Gasteiger partial charge on any atom is 0.174 e. The minimum Gasteiger partial charge on any atom is -0.510 e. The Labute approximate surface area is 134 Å². The molecule has 2 aromatic heterocycles. The summed E-state index contributed by atoms with van der Waals surface area (Å²) in [6.45, 7) is 1.81. The average Bonchev–Trinajstić information content (AvgIpc) is 3.16. The molecule has 22 heavy (non-hydrogen) atoms. The van der Waals surface area contributed by atoms with Crippen LogP contribution in [0, 0.1) is 11.3 Å². The van der Waals surface area contributed by atoms with Gasteiger partial charge in [-0.05, 0) is 19.1 Å². The normalized spacial score (nSPS) is 13.6. The van der Waals surface area contributed by atoms with Crippen LogP contribution in [0.15, 0.2) is 39.9 Å². The predicted octanol–water partition coefficient (Wildman–Crippen LogP) is 3.39. The van der Waals surface area contributed by atoms with Crippen LogP contribution in [-0.2, 0) is 0 Å². The molecule has 2 heterocycles. The number of aliphatic hydroxyl groups excluding tert-OH is 1. The summed E-state index contributed by atoms with van der Waals surface area (Å²) < 4.78 is 0.737. The molecule has 0 bridgehead atoms. The summed E-state index contributed by atoms with van der Waals surface area (Å²) in [6.07, 6.45) is 0. The molecule has 0 amide bonds. The SMILES string of the molecule is C[C@H](Sc1nncs1)/C(O)=C(\C#N)c1nc2ccccc2[nH]1. The molecule has 1 atom stereocenters. The molecule has 0 aliphatic heterocycles. The molecule has 0 aliphatic rings. The molecule has 0 unspecified atom stereocenters. The van der Waals surface area contributed by atoms with Gasteiger partial charge < -0.3 is 10.1 Å². The van der Waals surface area contributed by atoms with E-state index in [-0.39, 0.29) is 16.6 Å². The van der Waals surface area contributed by atoms with Crippen molar-refractivity contribution in [2.45, 2.75) is 16.5 Å². The molecule has 0 radical (unpaired) electrons. The molecule has 110 valence electrons. The largest absolute Gasteiger partial charge is 0.510 e. The van der Waals surface area contributed by atoms with Crippen LogP contribution in [-0.4, -0.2) is 30.5 Å². The van der Waals surface area contributed by atoms with Crippen LogP contribution in [0.4, 0.5) is 0 Å². The highest BCUT2D eigenvalue weighted by Crippen LogP contribution is 2.30. The Hall–Kier alpha value is -2.37. The van der Waals surface area contributed by atoms with E-state index in [1.807, 2.05) is 30.3 Å². The van der Waals surface area contributed by atoms with Crippen molar-refractivity contribution >= 4 is 39.7 Å². The summed E-state index contributed by atoms with van der Waals surface area (Å²) in [5.41, 5.74) is 3.34. The van der Waals surface area contributed by atoms with E-state index < -0.39 is 0 Å². The number of rotatable bonds is 4. The fourth-order valence-electron chi connectivity index (χ4n) is 1.93. The lowest BCUT2D eigenvalue weighted by atomic mass is 10.2. The van der Waals surface area contributed by atoms with Gasteiger partial charge in [0.2, 0.25) is 0 Å². The number of aliphatic hydroxyl groups is 1. The Bertz CT molecular complexity index is 830. The zero-order valence-corrected chi connectivity index (χ0v) is 13.1. The van der Waals surface area contributed by atoms with Gasteiger partial charge in [0.25, 0.3) is 0 Å². The summed E-state index contributed by atoms with van der Waals surface area (Å²) in [5.74, 6) is 0.340. The van der Waals surface area contributed by atoms with E-state index in [0.29, 0.717) is 5.82 Å². The van der Waals surface area contributed by atoms with Gasteiger partial charge in [-0.15, -0.1) is 10.2 Å². The van der Waals surface area contributed by atoms with Gasteiger partial charge in [0.15, 0.2) is 10.2 Å². The standard InChI is InChI=1S/C14H11N5OS2/c1-8(22-14-19-16-7-21-14)12(20)9(6-15)13-17-10-4-2-3-5-11(10)18-13/h2-5,7-8,20H,1H3,(H,17,18)/b12-9-/t8-/m0/s1. The van der Waals surface area contributed by atoms with Gasteiger partial charge in [-0.2, -0.15) is 5.26 Å². The molecule has 0 aliphatic carbocycles.